The van der Waals surface area contributed by atoms with Crippen LogP contribution in [0.15, 0.2) is 59.5 Å². The van der Waals surface area contributed by atoms with E-state index in [-0.39, 0.29) is 29.9 Å². The number of carbonyl (C=O) groups is 2. The summed E-state index contributed by atoms with van der Waals surface area (Å²) >= 11 is 0. The molecule has 1 saturated heterocycles. The lowest BCUT2D eigenvalue weighted by Crippen LogP contribution is -2.35. The largest absolute Gasteiger partial charge is 0.481 e. The quantitative estimate of drug-likeness (QED) is 0.288. The number of aryl methyl sites for hydroxylation is 3. The van der Waals surface area contributed by atoms with Crippen molar-refractivity contribution in [1.29, 1.82) is 0 Å². The third-order valence-corrected chi connectivity index (χ3v) is 10.5. The predicted octanol–water partition coefficient (Wildman–Crippen LogP) is 5.51. The molecule has 0 spiro atoms. The Morgan fingerprint density at radius 2 is 1.57 bits per heavy atom. The van der Waals surface area contributed by atoms with Crippen LogP contribution in [-0.2, 0) is 32.3 Å². The van der Waals surface area contributed by atoms with Gasteiger partial charge >= 0.3 is 5.97 Å². The lowest BCUT2D eigenvalue weighted by molar-refractivity contribution is -0.143. The maximum Gasteiger partial charge on any atom is 0.309 e. The van der Waals surface area contributed by atoms with Crippen molar-refractivity contribution in [1.82, 2.24) is 4.90 Å². The minimum atomic E-state index is -3.44. The number of nitrogens with one attached hydrogen (secondary N) is 1. The average Bonchev–Trinajstić information content (AvgIpc) is 3.62. The second-order valence-corrected chi connectivity index (χ2v) is 13.7. The Bertz CT molecular complexity index is 1630. The summed E-state index contributed by atoms with van der Waals surface area (Å²) in [5.74, 6) is -1.40. The van der Waals surface area contributed by atoms with Crippen LogP contribution in [0.2, 0.25) is 0 Å². The first-order valence-corrected chi connectivity index (χ1v) is 16.8. The second kappa shape index (κ2) is 13.0. The van der Waals surface area contributed by atoms with Gasteiger partial charge in [-0.1, -0.05) is 56.7 Å². The van der Waals surface area contributed by atoms with Crippen molar-refractivity contribution in [2.75, 3.05) is 31.0 Å². The lowest BCUT2D eigenvalue weighted by Gasteiger charge is -2.27. The third kappa shape index (κ3) is 6.32. The number of hydrogen-bond acceptors (Lipinski definition) is 7. The van der Waals surface area contributed by atoms with E-state index < -0.39 is 33.7 Å². The molecule has 3 aromatic rings. The van der Waals surface area contributed by atoms with E-state index in [9.17, 15) is 23.1 Å². The van der Waals surface area contributed by atoms with Gasteiger partial charge in [-0.15, -0.1) is 0 Å². The summed E-state index contributed by atoms with van der Waals surface area (Å²) in [4.78, 5) is 28.7. The molecule has 0 aliphatic carbocycles. The number of fused-ring (bicyclic) bond motifs is 1. The molecule has 5 rings (SSSR count). The number of nitrogens with zero attached hydrogens (tertiary/aromatic N) is 1. The molecule has 3 atom stereocenters. The Hall–Kier alpha value is -3.89. The van der Waals surface area contributed by atoms with Crippen LogP contribution in [0.4, 0.5) is 5.69 Å². The molecule has 234 valence electrons. The van der Waals surface area contributed by atoms with Crippen LogP contribution < -0.4 is 14.8 Å². The van der Waals surface area contributed by atoms with Crippen molar-refractivity contribution < 1.29 is 32.6 Å². The standard InChI is InChI=1S/C34H40N2O7S/c1-5-14-44(40,41)26-11-8-24(9-12-26)33-31(34(38)39)27(25-10-13-28-29(17-25)43-20-42-28)18-36(33)19-30(37)35-32-22(6-2)15-21(4)16-23(32)7-3/h8-13,15-17,27,31,33H,5-7,14,18-20H2,1-4H3,(H,35,37)(H,38,39)/t27-,31-,33+/m1/s1. The highest BCUT2D eigenvalue weighted by Crippen LogP contribution is 2.47. The van der Waals surface area contributed by atoms with Crippen molar-refractivity contribution in [3.05, 3.63) is 82.4 Å². The Morgan fingerprint density at radius 3 is 2.18 bits per heavy atom. The summed E-state index contributed by atoms with van der Waals surface area (Å²) in [5.41, 5.74) is 5.47. The summed E-state index contributed by atoms with van der Waals surface area (Å²) in [6, 6.07) is 15.4. The fourth-order valence-corrected chi connectivity index (χ4v) is 7.88. The first kappa shape index (κ1) is 31.5. The Labute approximate surface area is 259 Å². The predicted molar refractivity (Wildman–Crippen MR) is 168 cm³/mol. The van der Waals surface area contributed by atoms with Crippen LogP contribution in [0.5, 0.6) is 11.5 Å². The number of hydrogen-bond donors (Lipinski definition) is 2. The molecular formula is C34H40N2O7S. The average molecular weight is 621 g/mol. The van der Waals surface area contributed by atoms with Crippen molar-refractivity contribution in [3.63, 3.8) is 0 Å². The van der Waals surface area contributed by atoms with E-state index in [1.165, 1.54) is 0 Å². The number of sulfone groups is 1. The monoisotopic (exact) mass is 620 g/mol. The number of aliphatic carboxylic acids is 1. The molecule has 0 saturated carbocycles. The van der Waals surface area contributed by atoms with Crippen LogP contribution in [-0.4, -0.2) is 55.9 Å². The van der Waals surface area contributed by atoms with E-state index in [1.807, 2.05) is 30.9 Å². The van der Waals surface area contributed by atoms with Gasteiger partial charge in [0.15, 0.2) is 21.3 Å². The highest BCUT2D eigenvalue weighted by Gasteiger charge is 2.48. The molecule has 2 aliphatic heterocycles. The molecule has 0 unspecified atom stereocenters. The van der Waals surface area contributed by atoms with Gasteiger partial charge in [-0.25, -0.2) is 8.42 Å². The van der Waals surface area contributed by atoms with Gasteiger partial charge in [0.05, 0.1) is 23.1 Å². The summed E-state index contributed by atoms with van der Waals surface area (Å²) in [6.45, 7) is 8.33. The van der Waals surface area contributed by atoms with Gasteiger partial charge in [-0.05, 0) is 72.7 Å². The van der Waals surface area contributed by atoms with Gasteiger partial charge in [0.1, 0.15) is 0 Å². The number of carboxylic acids is 1. The van der Waals surface area contributed by atoms with Crippen LogP contribution in [0.3, 0.4) is 0 Å². The van der Waals surface area contributed by atoms with Crippen LogP contribution in [0, 0.1) is 12.8 Å². The number of benzene rings is 3. The molecule has 3 aromatic carbocycles. The van der Waals surface area contributed by atoms with E-state index in [2.05, 4.69) is 31.3 Å². The lowest BCUT2D eigenvalue weighted by atomic mass is 9.83. The number of likely N-dealkylation sites (tertiary alicyclic amines) is 1. The molecule has 10 heteroatoms. The summed E-state index contributed by atoms with van der Waals surface area (Å²) in [7, 11) is -3.44. The van der Waals surface area contributed by atoms with Gasteiger partial charge in [-0.3, -0.25) is 14.5 Å². The van der Waals surface area contributed by atoms with Crippen molar-refractivity contribution in [3.8, 4) is 11.5 Å². The Balaban J connectivity index is 1.51. The molecular weight excluding hydrogens is 580 g/mol. The van der Waals surface area contributed by atoms with Crippen molar-refractivity contribution in [2.24, 2.45) is 5.92 Å². The van der Waals surface area contributed by atoms with Crippen LogP contribution in [0.1, 0.15) is 67.0 Å². The Kier molecular flexibility index (Phi) is 9.31. The minimum absolute atomic E-state index is 0.0323. The molecule has 0 aromatic heterocycles. The van der Waals surface area contributed by atoms with Crippen LogP contribution in [0.25, 0.3) is 0 Å². The van der Waals surface area contributed by atoms with Gasteiger partial charge in [0.2, 0.25) is 12.7 Å². The number of carbonyl (C=O) groups excluding carboxylic acids is 1. The zero-order valence-electron chi connectivity index (χ0n) is 25.6. The molecule has 1 fully saturated rings. The summed E-state index contributed by atoms with van der Waals surface area (Å²) in [6.07, 6.45) is 2.02. The van der Waals surface area contributed by atoms with E-state index in [1.54, 1.807) is 30.3 Å². The first-order valence-electron chi connectivity index (χ1n) is 15.2. The third-order valence-electron chi connectivity index (χ3n) is 8.58. The van der Waals surface area contributed by atoms with Gasteiger partial charge in [0.25, 0.3) is 0 Å². The highest BCUT2D eigenvalue weighted by molar-refractivity contribution is 7.91. The number of amides is 1. The summed E-state index contributed by atoms with van der Waals surface area (Å²) in [5, 5.41) is 13.7. The summed E-state index contributed by atoms with van der Waals surface area (Å²) < 4.78 is 36.4. The van der Waals surface area contributed by atoms with E-state index in [0.717, 1.165) is 40.8 Å². The number of ether oxygens (including phenoxy) is 2. The smallest absolute Gasteiger partial charge is 0.309 e. The van der Waals surface area contributed by atoms with Crippen molar-refractivity contribution >= 4 is 27.4 Å². The molecule has 2 N–H and O–H groups in total. The zero-order chi connectivity index (χ0) is 31.6. The molecule has 0 radical (unpaired) electrons. The zero-order valence-corrected chi connectivity index (χ0v) is 26.4. The van der Waals surface area contributed by atoms with Gasteiger partial charge in [0, 0.05) is 24.2 Å². The normalized spacial score (nSPS) is 19.7. The van der Waals surface area contributed by atoms with Crippen molar-refractivity contribution in [2.45, 2.75) is 63.8 Å². The molecule has 9 nitrogen and oxygen atoms in total. The molecule has 2 aliphatic rings. The number of rotatable bonds is 11. The van der Waals surface area contributed by atoms with Gasteiger partial charge in [-0.2, -0.15) is 0 Å². The fourth-order valence-electron chi connectivity index (χ4n) is 6.55. The number of anilines is 1. The topological polar surface area (TPSA) is 122 Å². The van der Waals surface area contributed by atoms with E-state index >= 15 is 0 Å². The van der Waals surface area contributed by atoms with E-state index in [0.29, 0.717) is 30.0 Å². The molecule has 1 amide bonds. The fraction of sp³-hybridized carbons (Fsp3) is 0.412. The number of carboxylic acid groups (broad SMARTS) is 1. The maximum atomic E-state index is 13.7. The van der Waals surface area contributed by atoms with Gasteiger partial charge < -0.3 is 19.9 Å². The molecule has 0 bridgehead atoms. The molecule has 2 heterocycles. The van der Waals surface area contributed by atoms with Crippen LogP contribution >= 0.6 is 0 Å². The van der Waals surface area contributed by atoms with E-state index in [4.69, 9.17) is 9.47 Å². The maximum absolute atomic E-state index is 13.7. The Morgan fingerprint density at radius 1 is 0.932 bits per heavy atom. The second-order valence-electron chi connectivity index (χ2n) is 11.6. The highest BCUT2D eigenvalue weighted by atomic mass is 32.2. The minimum Gasteiger partial charge on any atom is -0.481 e. The first-order chi connectivity index (χ1) is 21.1. The molecule has 44 heavy (non-hydrogen) atoms. The SMILES string of the molecule is CCCS(=O)(=O)c1ccc([C@H]2[C@H](C(=O)O)[C@@H](c3ccc4c(c3)OCO4)CN2CC(=O)Nc2c(CC)cc(C)cc2CC)cc1.